The number of anilines is 1. The maximum Gasteiger partial charge on any atom is 0.179 e. The van der Waals surface area contributed by atoms with Gasteiger partial charge >= 0.3 is 0 Å². The smallest absolute Gasteiger partial charge is 0.179 e. The number of rotatable bonds is 3. The minimum Gasteiger partial charge on any atom is -0.486 e. The molecule has 0 amide bonds. The molecule has 0 saturated carbocycles. The van der Waals surface area contributed by atoms with Crippen molar-refractivity contribution in [1.82, 2.24) is 0 Å². The molecule has 0 unspecified atom stereocenters. The third kappa shape index (κ3) is 3.11. The Morgan fingerprint density at radius 1 is 1.14 bits per heavy atom. The van der Waals surface area contributed by atoms with Crippen LogP contribution in [0.3, 0.4) is 0 Å². The Bertz CT molecular complexity index is 659. The van der Waals surface area contributed by atoms with E-state index in [1.807, 2.05) is 49.5 Å². The molecule has 0 fully saturated rings. The largest absolute Gasteiger partial charge is 0.486 e. The molecular weight excluding hydrogens is 288 g/mol. The summed E-state index contributed by atoms with van der Waals surface area (Å²) in [6, 6.07) is 13.6. The minimum atomic E-state index is 0.525. The van der Waals surface area contributed by atoms with Gasteiger partial charge in [-0.1, -0.05) is 29.8 Å². The Morgan fingerprint density at radius 2 is 1.90 bits per heavy atom. The minimum absolute atomic E-state index is 0.525. The summed E-state index contributed by atoms with van der Waals surface area (Å²) in [5.74, 6) is 1.27. The van der Waals surface area contributed by atoms with Gasteiger partial charge in [0.1, 0.15) is 13.2 Å². The lowest BCUT2D eigenvalue weighted by molar-refractivity contribution is 0.171. The number of nitrogens with zero attached hydrogens (tertiary/aromatic N) is 2. The van der Waals surface area contributed by atoms with E-state index in [9.17, 15) is 0 Å². The van der Waals surface area contributed by atoms with Crippen molar-refractivity contribution in [3.05, 3.63) is 53.1 Å². The lowest BCUT2D eigenvalue weighted by Gasteiger charge is -2.19. The first-order chi connectivity index (χ1) is 10.2. The first-order valence-corrected chi connectivity index (χ1v) is 7.04. The van der Waals surface area contributed by atoms with Crippen molar-refractivity contribution in [3.8, 4) is 11.5 Å². The van der Waals surface area contributed by atoms with Crippen LogP contribution in [0.5, 0.6) is 11.5 Å². The SMILES string of the molecule is CN(/N=C\c1cc(Cl)c2c(c1)OCCO2)c1ccccc1. The molecular formula is C16H15ClN2O2. The maximum absolute atomic E-state index is 6.20. The highest BCUT2D eigenvalue weighted by molar-refractivity contribution is 6.32. The monoisotopic (exact) mass is 302 g/mol. The zero-order valence-electron chi connectivity index (χ0n) is 11.6. The zero-order chi connectivity index (χ0) is 14.7. The molecule has 2 aromatic carbocycles. The van der Waals surface area contributed by atoms with Crippen molar-refractivity contribution < 1.29 is 9.47 Å². The fraction of sp³-hybridized carbons (Fsp3) is 0.188. The number of hydrogen-bond acceptors (Lipinski definition) is 4. The number of hydrazone groups is 1. The molecule has 0 bridgehead atoms. The topological polar surface area (TPSA) is 34.1 Å². The van der Waals surface area contributed by atoms with Crippen molar-refractivity contribution in [2.45, 2.75) is 0 Å². The van der Waals surface area contributed by atoms with Crippen LogP contribution in [0.4, 0.5) is 5.69 Å². The maximum atomic E-state index is 6.20. The van der Waals surface area contributed by atoms with Crippen molar-refractivity contribution in [1.29, 1.82) is 0 Å². The summed E-state index contributed by atoms with van der Waals surface area (Å²) in [5, 5.41) is 6.74. The average molecular weight is 303 g/mol. The van der Waals surface area contributed by atoms with Crippen LogP contribution in [0, 0.1) is 0 Å². The van der Waals surface area contributed by atoms with Crippen LogP contribution in [0.1, 0.15) is 5.56 Å². The summed E-state index contributed by atoms with van der Waals surface area (Å²) in [4.78, 5) is 0. The highest BCUT2D eigenvalue weighted by atomic mass is 35.5. The molecule has 0 saturated heterocycles. The lowest BCUT2D eigenvalue weighted by Crippen LogP contribution is -2.16. The predicted molar refractivity (Wildman–Crippen MR) is 84.9 cm³/mol. The first-order valence-electron chi connectivity index (χ1n) is 6.66. The number of benzene rings is 2. The molecule has 2 aromatic rings. The van der Waals surface area contributed by atoms with E-state index in [2.05, 4.69) is 5.10 Å². The fourth-order valence-corrected chi connectivity index (χ4v) is 2.34. The van der Waals surface area contributed by atoms with Crippen molar-refractivity contribution >= 4 is 23.5 Å². The molecule has 0 N–H and O–H groups in total. The highest BCUT2D eigenvalue weighted by Gasteiger charge is 2.16. The van der Waals surface area contributed by atoms with Gasteiger partial charge in [-0.2, -0.15) is 5.10 Å². The molecule has 1 heterocycles. The van der Waals surface area contributed by atoms with Crippen LogP contribution >= 0.6 is 11.6 Å². The van der Waals surface area contributed by atoms with E-state index in [0.29, 0.717) is 29.7 Å². The molecule has 1 aliphatic heterocycles. The molecule has 3 rings (SSSR count). The second-order valence-corrected chi connectivity index (χ2v) is 5.04. The third-order valence-electron chi connectivity index (χ3n) is 3.13. The molecule has 108 valence electrons. The Kier molecular flexibility index (Phi) is 3.97. The second kappa shape index (κ2) is 6.06. The van der Waals surface area contributed by atoms with Crippen molar-refractivity contribution in [2.75, 3.05) is 25.3 Å². The standard InChI is InChI=1S/C16H15ClN2O2/c1-19(13-5-3-2-4-6-13)18-11-12-9-14(17)16-15(10-12)20-7-8-21-16/h2-6,9-11H,7-8H2,1H3/b18-11-. The molecule has 0 aromatic heterocycles. The molecule has 0 atom stereocenters. The summed E-state index contributed by atoms with van der Waals surface area (Å²) in [7, 11) is 1.89. The lowest BCUT2D eigenvalue weighted by atomic mass is 10.2. The summed E-state index contributed by atoms with van der Waals surface area (Å²) < 4.78 is 11.0. The fourth-order valence-electron chi connectivity index (χ4n) is 2.07. The van der Waals surface area contributed by atoms with E-state index in [0.717, 1.165) is 11.3 Å². The predicted octanol–water partition coefficient (Wildman–Crippen LogP) is 3.58. The second-order valence-electron chi connectivity index (χ2n) is 4.63. The molecule has 0 aliphatic carbocycles. The molecule has 0 spiro atoms. The van der Waals surface area contributed by atoms with Gasteiger partial charge in [-0.05, 0) is 29.8 Å². The van der Waals surface area contributed by atoms with Crippen LogP contribution in [0.25, 0.3) is 0 Å². The van der Waals surface area contributed by atoms with Gasteiger partial charge in [-0.3, -0.25) is 5.01 Å². The van der Waals surface area contributed by atoms with Gasteiger partial charge in [0.15, 0.2) is 11.5 Å². The van der Waals surface area contributed by atoms with E-state index in [-0.39, 0.29) is 0 Å². The Morgan fingerprint density at radius 3 is 2.71 bits per heavy atom. The molecule has 5 heteroatoms. The average Bonchev–Trinajstić information content (AvgIpc) is 2.53. The van der Waals surface area contributed by atoms with Crippen LogP contribution in [-0.2, 0) is 0 Å². The third-order valence-corrected chi connectivity index (χ3v) is 3.41. The number of halogens is 1. The molecule has 0 radical (unpaired) electrons. The van der Waals surface area contributed by atoms with E-state index in [1.165, 1.54) is 0 Å². The number of hydrogen-bond donors (Lipinski definition) is 0. The van der Waals surface area contributed by atoms with E-state index in [4.69, 9.17) is 21.1 Å². The summed E-state index contributed by atoms with van der Waals surface area (Å²) in [5.41, 5.74) is 1.88. The summed E-state index contributed by atoms with van der Waals surface area (Å²) in [6.45, 7) is 1.06. The van der Waals surface area contributed by atoms with Gasteiger partial charge in [-0.15, -0.1) is 0 Å². The van der Waals surface area contributed by atoms with Crippen LogP contribution in [-0.4, -0.2) is 26.5 Å². The highest BCUT2D eigenvalue weighted by Crippen LogP contribution is 2.37. The number of fused-ring (bicyclic) bond motifs is 1. The number of para-hydroxylation sites is 1. The first kappa shape index (κ1) is 13.8. The Hall–Kier alpha value is -2.20. The molecule has 21 heavy (non-hydrogen) atoms. The van der Waals surface area contributed by atoms with Crippen molar-refractivity contribution in [3.63, 3.8) is 0 Å². The number of ether oxygens (including phenoxy) is 2. The molecule has 4 nitrogen and oxygen atoms in total. The van der Waals surface area contributed by atoms with E-state index >= 15 is 0 Å². The zero-order valence-corrected chi connectivity index (χ0v) is 12.4. The summed E-state index contributed by atoms with van der Waals surface area (Å²) >= 11 is 6.20. The van der Waals surface area contributed by atoms with E-state index < -0.39 is 0 Å². The quantitative estimate of drug-likeness (QED) is 0.642. The van der Waals surface area contributed by atoms with Gasteiger partial charge in [-0.25, -0.2) is 0 Å². The van der Waals surface area contributed by atoms with Gasteiger partial charge in [0.25, 0.3) is 0 Å². The summed E-state index contributed by atoms with van der Waals surface area (Å²) in [6.07, 6.45) is 1.75. The van der Waals surface area contributed by atoms with E-state index in [1.54, 1.807) is 11.2 Å². The molecule has 1 aliphatic rings. The Balaban J connectivity index is 1.82. The van der Waals surface area contributed by atoms with Gasteiger partial charge < -0.3 is 9.47 Å². The van der Waals surface area contributed by atoms with Gasteiger partial charge in [0.05, 0.1) is 16.9 Å². The van der Waals surface area contributed by atoms with Crippen LogP contribution in [0.2, 0.25) is 5.02 Å². The van der Waals surface area contributed by atoms with Gasteiger partial charge in [0, 0.05) is 7.05 Å². The van der Waals surface area contributed by atoms with Gasteiger partial charge in [0.2, 0.25) is 0 Å². The Labute approximate surface area is 128 Å². The van der Waals surface area contributed by atoms with Crippen LogP contribution < -0.4 is 14.5 Å². The van der Waals surface area contributed by atoms with Crippen LogP contribution in [0.15, 0.2) is 47.6 Å². The van der Waals surface area contributed by atoms with Crippen molar-refractivity contribution in [2.24, 2.45) is 5.10 Å². The normalized spacial score (nSPS) is 13.4.